The van der Waals surface area contributed by atoms with Gasteiger partial charge in [0.15, 0.2) is 0 Å². The highest BCUT2D eigenvalue weighted by molar-refractivity contribution is 4.94. The maximum Gasteiger partial charge on any atom is 0.0614 e. The third-order valence-electron chi connectivity index (χ3n) is 5.55. The van der Waals surface area contributed by atoms with Crippen molar-refractivity contribution in [2.24, 2.45) is 5.92 Å². The molecule has 21 heavy (non-hydrogen) atoms. The van der Waals surface area contributed by atoms with Gasteiger partial charge in [-0.15, -0.1) is 0 Å². The Morgan fingerprint density at radius 1 is 1.14 bits per heavy atom. The molecule has 2 rings (SSSR count). The van der Waals surface area contributed by atoms with Crippen molar-refractivity contribution >= 4 is 0 Å². The van der Waals surface area contributed by atoms with E-state index in [4.69, 9.17) is 4.74 Å². The fraction of sp³-hybridized carbons (Fsp3) is 1.00. The number of rotatable bonds is 7. The molecule has 0 aromatic carbocycles. The monoisotopic (exact) mass is 297 g/mol. The Morgan fingerprint density at radius 3 is 2.67 bits per heavy atom. The van der Waals surface area contributed by atoms with Crippen molar-refractivity contribution in [2.45, 2.75) is 95.8 Å². The topological polar surface area (TPSA) is 41.5 Å². The van der Waals surface area contributed by atoms with Gasteiger partial charge in [-0.25, -0.2) is 0 Å². The van der Waals surface area contributed by atoms with Gasteiger partial charge in [0.2, 0.25) is 0 Å². The van der Waals surface area contributed by atoms with Crippen molar-refractivity contribution in [3.05, 3.63) is 0 Å². The van der Waals surface area contributed by atoms with Crippen molar-refractivity contribution in [1.29, 1.82) is 0 Å². The number of aliphatic hydroxyl groups is 1. The van der Waals surface area contributed by atoms with Crippen LogP contribution < -0.4 is 5.32 Å². The molecule has 0 heterocycles. The summed E-state index contributed by atoms with van der Waals surface area (Å²) in [6.07, 6.45) is 12.8. The van der Waals surface area contributed by atoms with Crippen LogP contribution in [0.15, 0.2) is 0 Å². The Kier molecular flexibility index (Phi) is 6.97. The fourth-order valence-electron chi connectivity index (χ4n) is 4.18. The summed E-state index contributed by atoms with van der Waals surface area (Å²) in [6, 6.07) is 0. The molecule has 0 aromatic rings. The van der Waals surface area contributed by atoms with Gasteiger partial charge in [0.05, 0.1) is 18.8 Å². The highest BCUT2D eigenvalue weighted by atomic mass is 16.5. The van der Waals surface area contributed by atoms with Gasteiger partial charge in [-0.1, -0.05) is 33.1 Å². The minimum atomic E-state index is -0.0856. The van der Waals surface area contributed by atoms with Crippen LogP contribution in [-0.4, -0.2) is 36.0 Å². The number of hydrogen-bond donors (Lipinski definition) is 2. The second-order valence-corrected chi connectivity index (χ2v) is 7.28. The SMILES string of the molecule is CCCNC1(CO)CCCC(OC2CCCC(CC)C2)C1. The zero-order valence-electron chi connectivity index (χ0n) is 14.1. The van der Waals surface area contributed by atoms with E-state index in [9.17, 15) is 5.11 Å². The highest BCUT2D eigenvalue weighted by Gasteiger charge is 2.37. The van der Waals surface area contributed by atoms with Crippen molar-refractivity contribution in [3.8, 4) is 0 Å². The van der Waals surface area contributed by atoms with Crippen LogP contribution >= 0.6 is 0 Å². The average molecular weight is 297 g/mol. The molecule has 4 atom stereocenters. The van der Waals surface area contributed by atoms with Gasteiger partial charge in [0, 0.05) is 5.54 Å². The van der Waals surface area contributed by atoms with E-state index in [0.717, 1.165) is 31.7 Å². The van der Waals surface area contributed by atoms with Crippen LogP contribution in [0.5, 0.6) is 0 Å². The summed E-state index contributed by atoms with van der Waals surface area (Å²) in [5.74, 6) is 0.869. The molecule has 3 heteroatoms. The van der Waals surface area contributed by atoms with Crippen LogP contribution in [0.1, 0.15) is 78.1 Å². The number of aliphatic hydroxyl groups excluding tert-OH is 1. The normalized spacial score (nSPS) is 37.6. The van der Waals surface area contributed by atoms with Crippen molar-refractivity contribution < 1.29 is 9.84 Å². The Balaban J connectivity index is 1.85. The molecule has 0 aromatic heterocycles. The molecule has 2 fully saturated rings. The van der Waals surface area contributed by atoms with E-state index in [-0.39, 0.29) is 12.1 Å². The predicted molar refractivity (Wildman–Crippen MR) is 87.5 cm³/mol. The largest absolute Gasteiger partial charge is 0.394 e. The van der Waals surface area contributed by atoms with Crippen LogP contribution in [0.2, 0.25) is 0 Å². The average Bonchev–Trinajstić information content (AvgIpc) is 2.53. The fourth-order valence-corrected chi connectivity index (χ4v) is 4.18. The van der Waals surface area contributed by atoms with Gasteiger partial charge >= 0.3 is 0 Å². The maximum atomic E-state index is 9.85. The Morgan fingerprint density at radius 2 is 1.95 bits per heavy atom. The number of hydrogen-bond acceptors (Lipinski definition) is 3. The Bertz CT molecular complexity index is 297. The molecular weight excluding hydrogens is 262 g/mol. The van der Waals surface area contributed by atoms with E-state index in [1.54, 1.807) is 0 Å². The van der Waals surface area contributed by atoms with Crippen LogP contribution in [-0.2, 0) is 4.74 Å². The number of ether oxygens (including phenoxy) is 1. The molecule has 0 spiro atoms. The summed E-state index contributed by atoms with van der Waals surface area (Å²) in [4.78, 5) is 0. The van der Waals surface area contributed by atoms with E-state index in [1.165, 1.54) is 44.9 Å². The Labute approximate surface area is 130 Å². The number of nitrogens with one attached hydrogen (secondary N) is 1. The predicted octanol–water partition coefficient (Wildman–Crippen LogP) is 3.65. The molecule has 2 N–H and O–H groups in total. The lowest BCUT2D eigenvalue weighted by molar-refractivity contribution is -0.0758. The first-order valence-corrected chi connectivity index (χ1v) is 9.22. The van der Waals surface area contributed by atoms with Gasteiger partial charge < -0.3 is 15.2 Å². The molecule has 0 radical (unpaired) electrons. The van der Waals surface area contributed by atoms with E-state index in [0.29, 0.717) is 12.2 Å². The summed E-state index contributed by atoms with van der Waals surface area (Å²) in [7, 11) is 0. The highest BCUT2D eigenvalue weighted by Crippen LogP contribution is 2.34. The van der Waals surface area contributed by atoms with E-state index >= 15 is 0 Å². The molecular formula is C18H35NO2. The first-order valence-electron chi connectivity index (χ1n) is 9.22. The second-order valence-electron chi connectivity index (χ2n) is 7.28. The smallest absolute Gasteiger partial charge is 0.0614 e. The van der Waals surface area contributed by atoms with Crippen LogP contribution in [0.3, 0.4) is 0 Å². The molecule has 2 aliphatic carbocycles. The van der Waals surface area contributed by atoms with Crippen LogP contribution in [0.25, 0.3) is 0 Å². The molecule has 0 bridgehead atoms. The molecule has 2 saturated carbocycles. The summed E-state index contributed by atoms with van der Waals surface area (Å²) in [5, 5.41) is 13.4. The summed E-state index contributed by atoms with van der Waals surface area (Å²) in [6.45, 7) is 5.73. The van der Waals surface area contributed by atoms with Gasteiger partial charge in [-0.05, 0) is 57.4 Å². The maximum absolute atomic E-state index is 9.85. The first kappa shape index (κ1) is 17.2. The van der Waals surface area contributed by atoms with Crippen molar-refractivity contribution in [1.82, 2.24) is 5.32 Å². The van der Waals surface area contributed by atoms with Gasteiger partial charge in [-0.2, -0.15) is 0 Å². The van der Waals surface area contributed by atoms with Crippen LogP contribution in [0, 0.1) is 5.92 Å². The zero-order valence-corrected chi connectivity index (χ0v) is 14.1. The van der Waals surface area contributed by atoms with Gasteiger partial charge in [-0.3, -0.25) is 0 Å². The first-order chi connectivity index (χ1) is 10.2. The molecule has 0 amide bonds. The molecule has 124 valence electrons. The van der Waals surface area contributed by atoms with Crippen LogP contribution in [0.4, 0.5) is 0 Å². The standard InChI is InChI=1S/C18H35NO2/c1-3-11-19-18(14-20)10-6-9-17(13-18)21-16-8-5-7-15(4-2)12-16/h15-17,19-20H,3-14H2,1-2H3. The molecule has 0 saturated heterocycles. The minimum absolute atomic E-state index is 0.0856. The molecule has 3 nitrogen and oxygen atoms in total. The summed E-state index contributed by atoms with van der Waals surface area (Å²) in [5.41, 5.74) is -0.0856. The van der Waals surface area contributed by atoms with Crippen molar-refractivity contribution in [2.75, 3.05) is 13.2 Å². The third kappa shape index (κ3) is 4.94. The minimum Gasteiger partial charge on any atom is -0.394 e. The van der Waals surface area contributed by atoms with E-state index < -0.39 is 0 Å². The van der Waals surface area contributed by atoms with Gasteiger partial charge in [0.1, 0.15) is 0 Å². The van der Waals surface area contributed by atoms with Gasteiger partial charge in [0.25, 0.3) is 0 Å². The second kappa shape index (κ2) is 8.50. The lowest BCUT2D eigenvalue weighted by Crippen LogP contribution is -2.53. The quantitative estimate of drug-likeness (QED) is 0.754. The Hall–Kier alpha value is -0.120. The third-order valence-corrected chi connectivity index (χ3v) is 5.55. The lowest BCUT2D eigenvalue weighted by Gasteiger charge is -2.42. The van der Waals surface area contributed by atoms with E-state index in [1.807, 2.05) is 0 Å². The molecule has 4 unspecified atom stereocenters. The summed E-state index contributed by atoms with van der Waals surface area (Å²) >= 11 is 0. The molecule has 0 aliphatic heterocycles. The molecule has 2 aliphatic rings. The zero-order chi connectivity index (χ0) is 15.1. The van der Waals surface area contributed by atoms with Crippen molar-refractivity contribution in [3.63, 3.8) is 0 Å². The van der Waals surface area contributed by atoms with E-state index in [2.05, 4.69) is 19.2 Å². The lowest BCUT2D eigenvalue weighted by atomic mass is 9.80. The summed E-state index contributed by atoms with van der Waals surface area (Å²) < 4.78 is 6.45.